The number of ether oxygens (including phenoxy) is 1. The predicted molar refractivity (Wildman–Crippen MR) is 161 cm³/mol. The second-order valence-electron chi connectivity index (χ2n) is 9.73. The van der Waals surface area contributed by atoms with E-state index in [2.05, 4.69) is 62.7 Å². The van der Waals surface area contributed by atoms with Gasteiger partial charge < -0.3 is 4.74 Å². The molecule has 0 amide bonds. The van der Waals surface area contributed by atoms with Crippen LogP contribution in [0.5, 0.6) is 0 Å². The summed E-state index contributed by atoms with van der Waals surface area (Å²) in [6.07, 6.45) is 6.75. The number of carboxylic acid groups (broad SMARTS) is 1. The number of aromatic carboxylic acids is 1. The normalized spacial score (nSPS) is 13.3. The zero-order valence-electron chi connectivity index (χ0n) is 23.1. The minimum absolute atomic E-state index is 0.166. The Balaban J connectivity index is 1.55. The monoisotopic (exact) mass is 680 g/mol. The molecule has 0 spiro atoms. The number of benzene rings is 2. The molecule has 212 valence electrons. The first-order valence-electron chi connectivity index (χ1n) is 13.2. The third kappa shape index (κ3) is 6.52. The molecule has 2 aromatic carbocycles. The molecule has 2 N–H and O–H groups in total. The fourth-order valence-electron chi connectivity index (χ4n) is 4.71. The maximum atomic E-state index is 13.1. The van der Waals surface area contributed by atoms with Gasteiger partial charge in [-0.25, -0.2) is 0 Å². The van der Waals surface area contributed by atoms with Gasteiger partial charge in [-0.05, 0) is 5.56 Å². The summed E-state index contributed by atoms with van der Waals surface area (Å²) in [5.41, 5.74) is 7.26. The molecule has 9 heteroatoms. The number of allylic oxidation sites excluding steroid dienone is 4. The standard InChI is InChI=1S/C32H31IN3O4S/c1-4-21-6-5-20(2)26(15-21)25-12-14-33-13-11-24(25)17-36-18-27(31(38)39)29(37)28-30(36)41-32(35-28)34-16-22-7-9-23(10-8-22)19-40-3/h5-15,18H,4,16-17,19H2,1-3H3,(H,34,35)(H,38,39)/q-1. The number of carboxylic acids is 1. The van der Waals surface area contributed by atoms with E-state index in [-0.39, 0.29) is 32.3 Å². The molecule has 0 aliphatic carbocycles. The quantitative estimate of drug-likeness (QED) is 0.250. The van der Waals surface area contributed by atoms with Crippen LogP contribution in [0.2, 0.25) is 0 Å². The van der Waals surface area contributed by atoms with E-state index in [0.29, 0.717) is 29.7 Å². The van der Waals surface area contributed by atoms with Crippen molar-refractivity contribution in [3.8, 4) is 0 Å². The Morgan fingerprint density at radius 3 is 2.56 bits per heavy atom. The number of thiazole rings is 1. The van der Waals surface area contributed by atoms with Gasteiger partial charge in [0.25, 0.3) is 0 Å². The predicted octanol–water partition coefficient (Wildman–Crippen LogP) is 3.37. The maximum absolute atomic E-state index is 13.1. The van der Waals surface area contributed by atoms with Crippen molar-refractivity contribution in [3.63, 3.8) is 0 Å². The number of aryl methyl sites for hydroxylation is 2. The number of nitrogens with one attached hydrogen (secondary N) is 1. The van der Waals surface area contributed by atoms with E-state index in [0.717, 1.165) is 28.7 Å². The average molecular weight is 681 g/mol. The van der Waals surface area contributed by atoms with Crippen LogP contribution in [-0.2, 0) is 30.9 Å². The number of methoxy groups -OCH3 is 1. The molecule has 3 heterocycles. The van der Waals surface area contributed by atoms with Crippen molar-refractivity contribution in [2.75, 3.05) is 12.4 Å². The molecule has 41 heavy (non-hydrogen) atoms. The molecule has 5 rings (SSSR count). The van der Waals surface area contributed by atoms with Crippen molar-refractivity contribution in [1.82, 2.24) is 9.55 Å². The number of rotatable bonds is 10. The first kappa shape index (κ1) is 29.0. The second kappa shape index (κ2) is 13.0. The molecule has 0 saturated heterocycles. The number of nitrogens with zero attached hydrogens (tertiary/aromatic N) is 2. The summed E-state index contributed by atoms with van der Waals surface area (Å²) in [5.74, 6) is -1.26. The summed E-state index contributed by atoms with van der Waals surface area (Å²) >= 11 is 1.13. The van der Waals surface area contributed by atoms with Crippen LogP contribution in [0.4, 0.5) is 5.13 Å². The van der Waals surface area contributed by atoms with Gasteiger partial charge in [0, 0.05) is 7.11 Å². The van der Waals surface area contributed by atoms with Crippen LogP contribution in [-0.4, -0.2) is 27.7 Å². The molecule has 7 nitrogen and oxygen atoms in total. The molecule has 0 radical (unpaired) electrons. The third-order valence-corrected chi connectivity index (χ3v) is 9.55. The number of hydrogen-bond donors (Lipinski definition) is 2. The Bertz CT molecular complexity index is 1750. The molecule has 0 fully saturated rings. The van der Waals surface area contributed by atoms with Crippen LogP contribution in [0.3, 0.4) is 0 Å². The molecule has 1 aliphatic rings. The molecule has 4 aromatic rings. The van der Waals surface area contributed by atoms with E-state index in [1.807, 2.05) is 28.8 Å². The van der Waals surface area contributed by atoms with Crippen LogP contribution in [0.25, 0.3) is 15.9 Å². The topological polar surface area (TPSA) is 93.5 Å². The molecule has 0 saturated carbocycles. The number of anilines is 1. The van der Waals surface area contributed by atoms with Gasteiger partial charge in [-0.15, -0.1) is 0 Å². The van der Waals surface area contributed by atoms with Gasteiger partial charge in [-0.3, -0.25) is 0 Å². The van der Waals surface area contributed by atoms with Crippen molar-refractivity contribution in [2.45, 2.75) is 40.0 Å². The van der Waals surface area contributed by atoms with Gasteiger partial charge in [0.05, 0.1) is 6.61 Å². The molecule has 0 unspecified atom stereocenters. The Hall–Kier alpha value is -3.54. The van der Waals surface area contributed by atoms with Crippen molar-refractivity contribution in [3.05, 3.63) is 118 Å². The van der Waals surface area contributed by atoms with Crippen LogP contribution < -0.4 is 32.0 Å². The van der Waals surface area contributed by atoms with E-state index >= 15 is 0 Å². The summed E-state index contributed by atoms with van der Waals surface area (Å²) in [5, 5.41) is 13.7. The fraction of sp³-hybridized carbons (Fsp3) is 0.219. The van der Waals surface area contributed by atoms with Crippen LogP contribution >= 0.6 is 11.3 Å². The molecule has 0 atom stereocenters. The summed E-state index contributed by atoms with van der Waals surface area (Å²) in [7, 11) is 1.67. The molecular weight excluding hydrogens is 649 g/mol. The Morgan fingerprint density at radius 2 is 1.83 bits per heavy atom. The summed E-state index contributed by atoms with van der Waals surface area (Å²) < 4.78 is 11.5. The number of carbonyl (C=O) groups is 1. The number of aromatic nitrogens is 2. The summed E-state index contributed by atoms with van der Waals surface area (Å²) in [6, 6.07) is 14.6. The molecule has 1 aliphatic heterocycles. The van der Waals surface area contributed by atoms with E-state index in [4.69, 9.17) is 4.74 Å². The molecule has 0 bridgehead atoms. The van der Waals surface area contributed by atoms with Crippen molar-refractivity contribution >= 4 is 38.4 Å². The van der Waals surface area contributed by atoms with Gasteiger partial charge in [0.1, 0.15) is 0 Å². The Morgan fingerprint density at radius 1 is 1.10 bits per heavy atom. The van der Waals surface area contributed by atoms with Gasteiger partial charge in [-0.1, -0.05) is 12.1 Å². The number of hydrogen-bond acceptors (Lipinski definition) is 6. The van der Waals surface area contributed by atoms with E-state index < -0.39 is 11.4 Å². The fourth-order valence-corrected chi connectivity index (χ4v) is 7.09. The minimum atomic E-state index is -1.26. The summed E-state index contributed by atoms with van der Waals surface area (Å²) in [6.45, 7) is 5.75. The first-order valence-corrected chi connectivity index (χ1v) is 16.5. The van der Waals surface area contributed by atoms with Gasteiger partial charge in [0.2, 0.25) is 0 Å². The average Bonchev–Trinajstić information content (AvgIpc) is 3.28. The van der Waals surface area contributed by atoms with Crippen molar-refractivity contribution in [1.29, 1.82) is 0 Å². The SMILES string of the molecule is CCc1ccc(C)c(C2=C(Cn3cc(C(=O)O)c(=O)c4nc(NCc5ccc(COC)cc5)sc43)C=C[I-]C=C2)c1. The zero-order valence-corrected chi connectivity index (χ0v) is 26.1. The molecule has 2 aromatic heterocycles. The van der Waals surface area contributed by atoms with E-state index in [1.54, 1.807) is 7.11 Å². The first-order chi connectivity index (χ1) is 19.9. The van der Waals surface area contributed by atoms with Crippen LogP contribution in [0.1, 0.15) is 45.1 Å². The van der Waals surface area contributed by atoms with Gasteiger partial charge in [-0.2, -0.15) is 0 Å². The van der Waals surface area contributed by atoms with Gasteiger partial charge in [0.15, 0.2) is 0 Å². The van der Waals surface area contributed by atoms with Crippen molar-refractivity contribution in [2.24, 2.45) is 0 Å². The Labute approximate surface area is 253 Å². The number of halogens is 1. The van der Waals surface area contributed by atoms with E-state index in [9.17, 15) is 14.7 Å². The molecular formula is C32H31IN3O4S-. The van der Waals surface area contributed by atoms with Crippen LogP contribution in [0.15, 0.2) is 79.3 Å². The number of fused-ring (bicyclic) bond motifs is 1. The Kier molecular flexibility index (Phi) is 9.16. The second-order valence-corrected chi connectivity index (χ2v) is 12.9. The van der Waals surface area contributed by atoms with Crippen LogP contribution in [0, 0.1) is 6.92 Å². The van der Waals surface area contributed by atoms with E-state index in [1.165, 1.54) is 34.2 Å². The zero-order chi connectivity index (χ0) is 28.9. The summed E-state index contributed by atoms with van der Waals surface area (Å²) in [4.78, 5) is 30.4. The number of pyridine rings is 1. The third-order valence-electron chi connectivity index (χ3n) is 6.95. The van der Waals surface area contributed by atoms with Gasteiger partial charge >= 0.3 is 218 Å². The van der Waals surface area contributed by atoms with Crippen molar-refractivity contribution < 1.29 is 35.8 Å².